The molecule has 7 heteroatoms. The summed E-state index contributed by atoms with van der Waals surface area (Å²) in [5, 5.41) is 3.36. The van der Waals surface area contributed by atoms with E-state index in [1.165, 1.54) is 11.3 Å². The minimum absolute atomic E-state index is 0.226. The van der Waals surface area contributed by atoms with Gasteiger partial charge >= 0.3 is 0 Å². The molecule has 2 aromatic heterocycles. The molecule has 0 aliphatic carbocycles. The predicted octanol–water partition coefficient (Wildman–Crippen LogP) is 2.00. The highest BCUT2D eigenvalue weighted by Crippen LogP contribution is 2.22. The average Bonchev–Trinajstić information content (AvgIpc) is 2.67. The number of nitrogens with zero attached hydrogens (tertiary/aromatic N) is 2. The fourth-order valence-electron chi connectivity index (χ4n) is 1.57. The van der Waals surface area contributed by atoms with Crippen LogP contribution in [0.5, 0.6) is 0 Å². The highest BCUT2D eigenvalue weighted by atomic mass is 32.1. The highest BCUT2D eigenvalue weighted by molar-refractivity contribution is 7.15. The molecule has 2 heterocycles. The van der Waals surface area contributed by atoms with Gasteiger partial charge in [0.2, 0.25) is 0 Å². The van der Waals surface area contributed by atoms with Crippen molar-refractivity contribution in [3.8, 4) is 0 Å². The molecule has 4 N–H and O–H groups in total. The van der Waals surface area contributed by atoms with Gasteiger partial charge in [-0.05, 0) is 32.9 Å². The molecular weight excluding hydrogens is 262 g/mol. The van der Waals surface area contributed by atoms with Crippen LogP contribution < -0.4 is 16.6 Å². The number of nitrogens with two attached hydrogens (primary N) is 1. The Hall–Kier alpha value is -1.99. The molecule has 0 radical (unpaired) electrons. The summed E-state index contributed by atoms with van der Waals surface area (Å²) in [6.07, 6.45) is 0. The van der Waals surface area contributed by atoms with Gasteiger partial charge in [0.05, 0.1) is 5.69 Å². The second-order valence-electron chi connectivity index (χ2n) is 4.14. The van der Waals surface area contributed by atoms with E-state index in [4.69, 9.17) is 5.84 Å². The maximum Gasteiger partial charge on any atom is 0.257 e. The molecule has 0 aliphatic rings. The van der Waals surface area contributed by atoms with E-state index < -0.39 is 0 Å². The van der Waals surface area contributed by atoms with Crippen molar-refractivity contribution in [3.63, 3.8) is 0 Å². The van der Waals surface area contributed by atoms with Crippen LogP contribution in [0.1, 0.15) is 26.6 Å². The quantitative estimate of drug-likeness (QED) is 0.589. The molecule has 0 atom stereocenters. The van der Waals surface area contributed by atoms with Crippen LogP contribution in [-0.2, 0) is 0 Å². The van der Waals surface area contributed by atoms with Crippen molar-refractivity contribution >= 4 is 28.2 Å². The summed E-state index contributed by atoms with van der Waals surface area (Å²) in [5.74, 6) is 5.54. The predicted molar refractivity (Wildman–Crippen MR) is 76.3 cm³/mol. The molecule has 0 unspecified atom stereocenters. The maximum absolute atomic E-state index is 12.1. The van der Waals surface area contributed by atoms with E-state index in [1.54, 1.807) is 19.1 Å². The zero-order chi connectivity index (χ0) is 14.0. The van der Waals surface area contributed by atoms with Crippen molar-refractivity contribution in [1.82, 2.24) is 9.97 Å². The number of nitrogens with one attached hydrogen (secondary N) is 2. The summed E-state index contributed by atoms with van der Waals surface area (Å²) in [6.45, 7) is 5.68. The maximum atomic E-state index is 12.1. The van der Waals surface area contributed by atoms with Crippen molar-refractivity contribution in [2.75, 3.05) is 10.7 Å². The Morgan fingerprint density at radius 1 is 1.26 bits per heavy atom. The van der Waals surface area contributed by atoms with E-state index in [9.17, 15) is 4.79 Å². The zero-order valence-electron chi connectivity index (χ0n) is 10.9. The lowest BCUT2D eigenvalue weighted by Crippen LogP contribution is -2.15. The number of carbonyl (C=O) groups is 1. The molecule has 0 spiro atoms. The zero-order valence-corrected chi connectivity index (χ0v) is 11.8. The normalized spacial score (nSPS) is 10.3. The number of hydrazine groups is 1. The summed E-state index contributed by atoms with van der Waals surface area (Å²) in [5.41, 5.74) is 4.57. The molecule has 0 bridgehead atoms. The van der Waals surface area contributed by atoms with Crippen molar-refractivity contribution in [3.05, 3.63) is 34.0 Å². The molecule has 0 fully saturated rings. The third kappa shape index (κ3) is 3.07. The van der Waals surface area contributed by atoms with Gasteiger partial charge in [0.1, 0.15) is 5.82 Å². The summed E-state index contributed by atoms with van der Waals surface area (Å²) < 4.78 is 0. The van der Waals surface area contributed by atoms with E-state index >= 15 is 0 Å². The van der Waals surface area contributed by atoms with Crippen LogP contribution in [-0.4, -0.2) is 15.9 Å². The number of aryl methyl sites for hydroxylation is 3. The first-order chi connectivity index (χ1) is 8.99. The van der Waals surface area contributed by atoms with Gasteiger partial charge in [0, 0.05) is 16.1 Å². The van der Waals surface area contributed by atoms with Gasteiger partial charge in [-0.3, -0.25) is 10.1 Å². The minimum atomic E-state index is -0.226. The molecule has 0 aromatic carbocycles. The number of pyridine rings is 1. The Morgan fingerprint density at radius 3 is 2.58 bits per heavy atom. The number of hydrogen-bond donors (Lipinski definition) is 3. The Labute approximate surface area is 115 Å². The first kappa shape index (κ1) is 13.4. The summed E-state index contributed by atoms with van der Waals surface area (Å²) in [4.78, 5) is 21.6. The van der Waals surface area contributed by atoms with Gasteiger partial charge in [-0.15, -0.1) is 11.3 Å². The highest BCUT2D eigenvalue weighted by Gasteiger charge is 2.11. The minimum Gasteiger partial charge on any atom is -0.308 e. The van der Waals surface area contributed by atoms with Gasteiger partial charge in [0.15, 0.2) is 5.13 Å². The van der Waals surface area contributed by atoms with Crippen LogP contribution in [0.4, 0.5) is 10.9 Å². The number of aromatic nitrogens is 2. The Morgan fingerprint density at radius 2 is 2.00 bits per heavy atom. The molecule has 0 saturated heterocycles. The number of nitrogen functional groups attached to an aromatic ring is 1. The lowest BCUT2D eigenvalue weighted by molar-refractivity contribution is 0.102. The van der Waals surface area contributed by atoms with Crippen molar-refractivity contribution in [2.24, 2.45) is 5.84 Å². The monoisotopic (exact) mass is 277 g/mol. The smallest absolute Gasteiger partial charge is 0.257 e. The second kappa shape index (κ2) is 5.33. The molecule has 6 nitrogen and oxygen atoms in total. The molecule has 19 heavy (non-hydrogen) atoms. The number of thiazole rings is 1. The van der Waals surface area contributed by atoms with Crippen LogP contribution in [0.15, 0.2) is 12.1 Å². The van der Waals surface area contributed by atoms with Crippen molar-refractivity contribution in [1.29, 1.82) is 0 Å². The largest absolute Gasteiger partial charge is 0.308 e. The SMILES string of the molecule is Cc1cc(C(=O)Nc2nc(C)c(C)s2)cc(NN)n1. The standard InChI is InChI=1S/C12H15N5OS/c1-6-4-9(5-10(14-6)17-13)11(18)16-12-15-7(2)8(3)19-12/h4-5H,13H2,1-3H3,(H,14,17)(H,15,16,18). The molecule has 0 aliphatic heterocycles. The van der Waals surface area contributed by atoms with E-state index in [-0.39, 0.29) is 5.91 Å². The number of amides is 1. The molecule has 1 amide bonds. The van der Waals surface area contributed by atoms with Crippen LogP contribution in [0, 0.1) is 20.8 Å². The lowest BCUT2D eigenvalue weighted by Gasteiger charge is -2.05. The lowest BCUT2D eigenvalue weighted by atomic mass is 10.2. The molecule has 0 saturated carbocycles. The molecule has 2 rings (SSSR count). The van der Waals surface area contributed by atoms with E-state index in [0.717, 1.165) is 10.6 Å². The first-order valence-corrected chi connectivity index (χ1v) is 6.52. The van der Waals surface area contributed by atoms with Crippen LogP contribution in [0.2, 0.25) is 0 Å². The average molecular weight is 277 g/mol. The fraction of sp³-hybridized carbons (Fsp3) is 0.250. The van der Waals surface area contributed by atoms with E-state index in [1.807, 2.05) is 13.8 Å². The van der Waals surface area contributed by atoms with Gasteiger partial charge in [0.25, 0.3) is 5.91 Å². The van der Waals surface area contributed by atoms with Crippen LogP contribution >= 0.6 is 11.3 Å². The van der Waals surface area contributed by atoms with Crippen LogP contribution in [0.25, 0.3) is 0 Å². The first-order valence-electron chi connectivity index (χ1n) is 5.70. The Kier molecular flexibility index (Phi) is 3.77. The van der Waals surface area contributed by atoms with E-state index in [2.05, 4.69) is 20.7 Å². The number of carbonyl (C=O) groups excluding carboxylic acids is 1. The fourth-order valence-corrected chi connectivity index (χ4v) is 2.38. The third-order valence-corrected chi connectivity index (χ3v) is 3.60. The van der Waals surface area contributed by atoms with Crippen molar-refractivity contribution in [2.45, 2.75) is 20.8 Å². The Balaban J connectivity index is 2.22. The van der Waals surface area contributed by atoms with E-state index in [0.29, 0.717) is 22.2 Å². The van der Waals surface area contributed by atoms with Crippen LogP contribution in [0.3, 0.4) is 0 Å². The summed E-state index contributed by atoms with van der Waals surface area (Å²) in [6, 6.07) is 3.29. The number of rotatable bonds is 3. The van der Waals surface area contributed by atoms with Gasteiger partial charge in [-0.2, -0.15) is 0 Å². The van der Waals surface area contributed by atoms with Gasteiger partial charge in [-0.25, -0.2) is 15.8 Å². The summed E-state index contributed by atoms with van der Waals surface area (Å²) in [7, 11) is 0. The summed E-state index contributed by atoms with van der Waals surface area (Å²) >= 11 is 1.45. The number of hydrogen-bond acceptors (Lipinski definition) is 6. The Bertz CT molecular complexity index is 603. The third-order valence-electron chi connectivity index (χ3n) is 2.61. The van der Waals surface area contributed by atoms with Gasteiger partial charge in [-0.1, -0.05) is 0 Å². The molecular formula is C12H15N5OS. The topological polar surface area (TPSA) is 92.9 Å². The van der Waals surface area contributed by atoms with Crippen molar-refractivity contribution < 1.29 is 4.79 Å². The second-order valence-corrected chi connectivity index (χ2v) is 5.34. The molecule has 100 valence electrons. The van der Waals surface area contributed by atoms with Gasteiger partial charge < -0.3 is 5.43 Å². The number of anilines is 2. The molecule has 2 aromatic rings.